The summed E-state index contributed by atoms with van der Waals surface area (Å²) < 4.78 is 0. The number of hydrogen-bond acceptors (Lipinski definition) is 0. The fraction of sp³-hybridized carbons (Fsp3) is 0.459. The van der Waals surface area contributed by atoms with Gasteiger partial charge in [0.1, 0.15) is 0 Å². The second kappa shape index (κ2) is 15.0. The fourth-order valence-electron chi connectivity index (χ4n) is 5.70. The summed E-state index contributed by atoms with van der Waals surface area (Å²) in [6.07, 6.45) is 26.4. The molecular weight excluding hydrogens is 444 g/mol. The van der Waals surface area contributed by atoms with Gasteiger partial charge in [0.25, 0.3) is 0 Å². The third-order valence-corrected chi connectivity index (χ3v) is 8.04. The summed E-state index contributed by atoms with van der Waals surface area (Å²) in [6.45, 7) is 23.6. The van der Waals surface area contributed by atoms with Crippen LogP contribution in [0.4, 0.5) is 0 Å². The Hall–Kier alpha value is -2.60. The van der Waals surface area contributed by atoms with E-state index in [0.717, 1.165) is 18.8 Å². The largest absolute Gasteiger partial charge is 0.0995 e. The van der Waals surface area contributed by atoms with Gasteiger partial charge >= 0.3 is 0 Å². The summed E-state index contributed by atoms with van der Waals surface area (Å²) in [4.78, 5) is 0. The van der Waals surface area contributed by atoms with Gasteiger partial charge in [-0.1, -0.05) is 106 Å². The number of rotatable bonds is 9. The van der Waals surface area contributed by atoms with E-state index in [-0.39, 0.29) is 0 Å². The molecule has 3 rings (SSSR count). The smallest absolute Gasteiger partial charge is 0.000944 e. The molecule has 0 heteroatoms. The van der Waals surface area contributed by atoms with Crippen molar-refractivity contribution in [2.24, 2.45) is 17.3 Å². The van der Waals surface area contributed by atoms with E-state index in [4.69, 9.17) is 0 Å². The van der Waals surface area contributed by atoms with E-state index in [0.29, 0.717) is 11.3 Å². The lowest BCUT2D eigenvalue weighted by atomic mass is 9.67. The van der Waals surface area contributed by atoms with Crippen molar-refractivity contribution in [3.63, 3.8) is 0 Å². The highest BCUT2D eigenvalue weighted by molar-refractivity contribution is 5.74. The minimum Gasteiger partial charge on any atom is -0.0995 e. The van der Waals surface area contributed by atoms with Gasteiger partial charge < -0.3 is 0 Å². The highest BCUT2D eigenvalue weighted by atomic mass is 14.4. The molecule has 0 aliphatic heterocycles. The van der Waals surface area contributed by atoms with Crippen molar-refractivity contribution in [2.45, 2.75) is 93.4 Å². The zero-order valence-electron chi connectivity index (χ0n) is 24.9. The number of allylic oxidation sites excluding steroid dienone is 11. The lowest BCUT2D eigenvalue weighted by molar-refractivity contribution is 0.169. The van der Waals surface area contributed by atoms with Crippen LogP contribution in [0.3, 0.4) is 0 Å². The predicted octanol–water partition coefficient (Wildman–Crippen LogP) is 11.5. The Morgan fingerprint density at radius 1 is 1.05 bits per heavy atom. The van der Waals surface area contributed by atoms with Crippen LogP contribution in [-0.4, -0.2) is 0 Å². The van der Waals surface area contributed by atoms with E-state index in [9.17, 15) is 0 Å². The van der Waals surface area contributed by atoms with Crippen molar-refractivity contribution in [1.29, 1.82) is 0 Å². The average molecular weight is 497 g/mol. The lowest BCUT2D eigenvalue weighted by Gasteiger charge is -2.38. The van der Waals surface area contributed by atoms with E-state index in [1.807, 2.05) is 13.8 Å². The minimum atomic E-state index is 0.377. The van der Waals surface area contributed by atoms with E-state index >= 15 is 0 Å². The first-order chi connectivity index (χ1) is 17.7. The van der Waals surface area contributed by atoms with Crippen LogP contribution in [0.2, 0.25) is 0 Å². The van der Waals surface area contributed by atoms with Gasteiger partial charge in [-0.2, -0.15) is 0 Å². The van der Waals surface area contributed by atoms with Gasteiger partial charge in [0.2, 0.25) is 0 Å². The third kappa shape index (κ3) is 9.03. The van der Waals surface area contributed by atoms with Crippen molar-refractivity contribution >= 4 is 11.6 Å². The zero-order valence-corrected chi connectivity index (χ0v) is 24.9. The molecule has 0 heterocycles. The lowest BCUT2D eigenvalue weighted by Crippen LogP contribution is -2.26. The average Bonchev–Trinajstić information content (AvgIpc) is 2.90. The van der Waals surface area contributed by atoms with Gasteiger partial charge in [0.05, 0.1) is 0 Å². The maximum atomic E-state index is 4.49. The van der Waals surface area contributed by atoms with Gasteiger partial charge in [0, 0.05) is 5.92 Å². The molecule has 1 fully saturated rings. The van der Waals surface area contributed by atoms with Gasteiger partial charge in [-0.15, -0.1) is 0 Å². The van der Waals surface area contributed by atoms with Gasteiger partial charge in [-0.25, -0.2) is 0 Å². The number of benzene rings is 1. The van der Waals surface area contributed by atoms with Crippen LogP contribution in [0.25, 0.3) is 11.6 Å². The van der Waals surface area contributed by atoms with Crippen LogP contribution >= 0.6 is 0 Å². The molecule has 1 saturated carbocycles. The molecule has 2 aliphatic rings. The maximum absolute atomic E-state index is 4.49. The molecule has 0 amide bonds. The van der Waals surface area contributed by atoms with Crippen LogP contribution in [0, 0.1) is 17.3 Å². The Morgan fingerprint density at radius 3 is 2.32 bits per heavy atom. The van der Waals surface area contributed by atoms with Crippen molar-refractivity contribution in [2.75, 3.05) is 0 Å². The molecule has 0 aromatic heterocycles. The van der Waals surface area contributed by atoms with E-state index in [1.54, 1.807) is 0 Å². The third-order valence-electron chi connectivity index (χ3n) is 8.04. The molecule has 0 spiro atoms. The zero-order chi connectivity index (χ0) is 27.4. The number of hydrogen-bond donors (Lipinski definition) is 0. The molecule has 0 nitrogen and oxygen atoms in total. The highest BCUT2D eigenvalue weighted by Crippen LogP contribution is 2.45. The topological polar surface area (TPSA) is 0 Å². The quantitative estimate of drug-likeness (QED) is 0.235. The molecular formula is C37H52. The van der Waals surface area contributed by atoms with Crippen LogP contribution in [0.5, 0.6) is 0 Å². The molecule has 0 N–H and O–H groups in total. The molecule has 0 saturated heterocycles. The van der Waals surface area contributed by atoms with Crippen molar-refractivity contribution in [3.8, 4) is 0 Å². The SMILES string of the molecule is C=C(CC1(C)CCC(Cc2ccc(/C(C)=C/C=C\C)c(/C=C/C)c2)CC1)C1=CCC(C(=C)C)C=C1.CC. The van der Waals surface area contributed by atoms with Crippen LogP contribution < -0.4 is 0 Å². The Kier molecular flexibility index (Phi) is 12.4. The minimum absolute atomic E-state index is 0.377. The summed E-state index contributed by atoms with van der Waals surface area (Å²) in [6, 6.07) is 7.09. The summed E-state index contributed by atoms with van der Waals surface area (Å²) >= 11 is 0. The van der Waals surface area contributed by atoms with E-state index in [1.165, 1.54) is 71.1 Å². The second-order valence-corrected chi connectivity index (χ2v) is 11.2. The monoisotopic (exact) mass is 496 g/mol. The maximum Gasteiger partial charge on any atom is 0.000944 e. The molecule has 0 bridgehead atoms. The first-order valence-electron chi connectivity index (χ1n) is 14.5. The summed E-state index contributed by atoms with van der Waals surface area (Å²) in [5.74, 6) is 1.28. The standard InChI is InChI=1S/C35H46.C2H6/c1-8-10-12-27(5)34-18-13-30(24-33(34)11-9-2)23-29-19-21-35(7,22-20-29)25-28(6)32-16-14-31(15-17-32)26(3)4;1-2/h8-14,16-18,24,29,31H,3,6,15,19-23,25H2,1-2,4-5,7H3;1-2H3/b10-8-,11-9+,27-12+;. The summed E-state index contributed by atoms with van der Waals surface area (Å²) in [5, 5.41) is 0. The van der Waals surface area contributed by atoms with Crippen LogP contribution in [0.1, 0.15) is 104 Å². The Bertz CT molecular complexity index is 1060. The van der Waals surface area contributed by atoms with Gasteiger partial charge in [0.15, 0.2) is 0 Å². The van der Waals surface area contributed by atoms with Crippen molar-refractivity contribution in [3.05, 3.63) is 107 Å². The van der Waals surface area contributed by atoms with Crippen LogP contribution in [0.15, 0.2) is 90.6 Å². The molecule has 1 unspecified atom stereocenters. The molecule has 0 radical (unpaired) electrons. The molecule has 37 heavy (non-hydrogen) atoms. The second-order valence-electron chi connectivity index (χ2n) is 11.2. The van der Waals surface area contributed by atoms with E-state index in [2.05, 4.69) is 115 Å². The van der Waals surface area contributed by atoms with Gasteiger partial charge in [-0.3, -0.25) is 0 Å². The van der Waals surface area contributed by atoms with Gasteiger partial charge in [-0.05, 0) is 117 Å². The highest BCUT2D eigenvalue weighted by Gasteiger charge is 2.32. The summed E-state index contributed by atoms with van der Waals surface area (Å²) in [7, 11) is 0. The predicted molar refractivity (Wildman–Crippen MR) is 169 cm³/mol. The first kappa shape index (κ1) is 30.6. The Labute approximate surface area is 229 Å². The van der Waals surface area contributed by atoms with E-state index < -0.39 is 0 Å². The Morgan fingerprint density at radius 2 is 1.76 bits per heavy atom. The fourth-order valence-corrected chi connectivity index (χ4v) is 5.70. The molecule has 2 aliphatic carbocycles. The summed E-state index contributed by atoms with van der Waals surface area (Å²) in [5.41, 5.74) is 9.75. The molecule has 200 valence electrons. The normalized spacial score (nSPS) is 24.1. The molecule has 1 atom stereocenters. The van der Waals surface area contributed by atoms with Crippen molar-refractivity contribution in [1.82, 2.24) is 0 Å². The molecule has 1 aromatic rings. The first-order valence-corrected chi connectivity index (χ1v) is 14.5. The van der Waals surface area contributed by atoms with Crippen molar-refractivity contribution < 1.29 is 0 Å². The molecule has 1 aromatic carbocycles. The Balaban J connectivity index is 0.00000235. The van der Waals surface area contributed by atoms with Crippen LogP contribution in [-0.2, 0) is 6.42 Å².